The van der Waals surface area contributed by atoms with Gasteiger partial charge in [-0.15, -0.1) is 5.10 Å². The molecule has 0 saturated carbocycles. The number of carbonyl (C=O) groups is 1. The summed E-state index contributed by atoms with van der Waals surface area (Å²) in [6.07, 6.45) is 1.03. The number of hydrogen-bond donors (Lipinski definition) is 1. The molecule has 0 spiro atoms. The van der Waals surface area contributed by atoms with Gasteiger partial charge in [0.15, 0.2) is 17.3 Å². The molecular weight excluding hydrogens is 448 g/mol. The molecular formula is C26H30N4O3S. The number of thioether (sulfide) groups is 1. The van der Waals surface area contributed by atoms with E-state index in [4.69, 9.17) is 14.6 Å². The number of anilines is 1. The van der Waals surface area contributed by atoms with Gasteiger partial charge < -0.3 is 14.8 Å². The van der Waals surface area contributed by atoms with Gasteiger partial charge in [0.2, 0.25) is 11.1 Å². The molecule has 0 amide bonds. The normalized spacial score (nSPS) is 15.0. The summed E-state index contributed by atoms with van der Waals surface area (Å²) in [7, 11) is 1.62. The highest BCUT2D eigenvalue weighted by molar-refractivity contribution is 7.99. The Balaban J connectivity index is 1.68. The van der Waals surface area contributed by atoms with Crippen LogP contribution in [0.5, 0.6) is 11.5 Å². The summed E-state index contributed by atoms with van der Waals surface area (Å²) in [5.74, 6) is 2.79. The predicted octanol–water partition coefficient (Wildman–Crippen LogP) is 5.55. The lowest BCUT2D eigenvalue weighted by Crippen LogP contribution is -2.27. The highest BCUT2D eigenvalue weighted by Gasteiger charge is 2.33. The van der Waals surface area contributed by atoms with Crippen molar-refractivity contribution in [1.29, 1.82) is 0 Å². The van der Waals surface area contributed by atoms with Crippen LogP contribution in [0.4, 0.5) is 5.95 Å². The summed E-state index contributed by atoms with van der Waals surface area (Å²) < 4.78 is 13.5. The van der Waals surface area contributed by atoms with Gasteiger partial charge in [-0.2, -0.15) is 4.98 Å². The van der Waals surface area contributed by atoms with E-state index in [9.17, 15) is 4.79 Å². The number of nitrogens with zero attached hydrogens (tertiary/aromatic N) is 3. The minimum Gasteiger partial charge on any atom is -0.493 e. The number of hydrogen-bond acceptors (Lipinski definition) is 7. The molecule has 1 atom stereocenters. The second kappa shape index (κ2) is 10.3. The predicted molar refractivity (Wildman–Crippen MR) is 135 cm³/mol. The maximum atomic E-state index is 12.7. The van der Waals surface area contributed by atoms with Crippen LogP contribution in [-0.4, -0.2) is 33.4 Å². The van der Waals surface area contributed by atoms with Crippen LogP contribution in [-0.2, 0) is 11.4 Å². The zero-order valence-corrected chi connectivity index (χ0v) is 21.0. The van der Waals surface area contributed by atoms with Crippen LogP contribution in [0.3, 0.4) is 0 Å². The Bertz CT molecular complexity index is 1220. The van der Waals surface area contributed by atoms with Gasteiger partial charge in [-0.3, -0.25) is 4.79 Å². The third-order valence-corrected chi connectivity index (χ3v) is 6.71. The summed E-state index contributed by atoms with van der Waals surface area (Å²) in [5, 5.41) is 8.66. The third-order valence-electron chi connectivity index (χ3n) is 5.67. The molecule has 0 fully saturated rings. The molecule has 34 heavy (non-hydrogen) atoms. The summed E-state index contributed by atoms with van der Waals surface area (Å²) >= 11 is 1.61. The topological polar surface area (TPSA) is 78.3 Å². The fourth-order valence-corrected chi connectivity index (χ4v) is 4.65. The van der Waals surface area contributed by atoms with Crippen molar-refractivity contribution < 1.29 is 14.3 Å². The van der Waals surface area contributed by atoms with E-state index in [2.05, 4.69) is 48.4 Å². The molecule has 1 aromatic heterocycles. The molecule has 2 heterocycles. The summed E-state index contributed by atoms with van der Waals surface area (Å²) in [5.41, 5.74) is 4.60. The summed E-state index contributed by atoms with van der Waals surface area (Å²) in [6, 6.07) is 13.6. The minimum atomic E-state index is -0.405. The number of ether oxygens (including phenoxy) is 2. The lowest BCUT2D eigenvalue weighted by molar-refractivity contribution is -0.114. The highest BCUT2D eigenvalue weighted by Crippen LogP contribution is 2.39. The van der Waals surface area contributed by atoms with Crippen molar-refractivity contribution >= 4 is 23.5 Å². The van der Waals surface area contributed by atoms with Crippen molar-refractivity contribution in [3.05, 3.63) is 70.4 Å². The molecule has 1 unspecified atom stereocenters. The second-order valence-corrected chi connectivity index (χ2v) is 9.38. The lowest BCUT2D eigenvalue weighted by atomic mass is 9.93. The van der Waals surface area contributed by atoms with Gasteiger partial charge in [-0.05, 0) is 50.5 Å². The second-order valence-electron chi connectivity index (χ2n) is 8.32. The van der Waals surface area contributed by atoms with Gasteiger partial charge in [0.1, 0.15) is 12.6 Å². The van der Waals surface area contributed by atoms with Crippen LogP contribution in [0, 0.1) is 6.92 Å². The number of carbonyl (C=O) groups excluding carboxylic acids is 1. The van der Waals surface area contributed by atoms with Gasteiger partial charge in [-0.1, -0.05) is 54.6 Å². The van der Waals surface area contributed by atoms with E-state index in [1.54, 1.807) is 30.5 Å². The van der Waals surface area contributed by atoms with Crippen LogP contribution in [0.25, 0.3) is 0 Å². The van der Waals surface area contributed by atoms with Crippen molar-refractivity contribution in [2.24, 2.45) is 0 Å². The first kappa shape index (κ1) is 23.9. The maximum absolute atomic E-state index is 12.7. The van der Waals surface area contributed by atoms with E-state index in [1.807, 2.05) is 25.1 Å². The molecule has 178 valence electrons. The average Bonchev–Trinajstić information content (AvgIpc) is 3.23. The first-order valence-corrected chi connectivity index (χ1v) is 12.3. The Morgan fingerprint density at radius 2 is 1.91 bits per heavy atom. The van der Waals surface area contributed by atoms with Gasteiger partial charge in [0.05, 0.1) is 7.11 Å². The first-order chi connectivity index (χ1) is 16.4. The Kier molecular flexibility index (Phi) is 7.26. The number of aromatic nitrogens is 3. The van der Waals surface area contributed by atoms with Crippen molar-refractivity contribution in [2.45, 2.75) is 51.9 Å². The molecule has 1 aliphatic heterocycles. The SMILES string of the molecule is CCCSc1nc2n(n1)C(c1ccc(OCc3ccc(C)cc3)c(OC)c1)C(C(C)=O)=C(C)N2. The van der Waals surface area contributed by atoms with E-state index in [0.29, 0.717) is 34.8 Å². The fraction of sp³-hybridized carbons (Fsp3) is 0.346. The van der Waals surface area contributed by atoms with Crippen LogP contribution in [0.1, 0.15) is 49.9 Å². The van der Waals surface area contributed by atoms with Crippen molar-refractivity contribution in [1.82, 2.24) is 14.8 Å². The monoisotopic (exact) mass is 478 g/mol. The maximum Gasteiger partial charge on any atom is 0.227 e. The number of allylic oxidation sites excluding steroid dienone is 2. The highest BCUT2D eigenvalue weighted by atomic mass is 32.2. The molecule has 2 aromatic carbocycles. The summed E-state index contributed by atoms with van der Waals surface area (Å²) in [4.78, 5) is 17.3. The molecule has 8 heteroatoms. The zero-order chi connectivity index (χ0) is 24.2. The van der Waals surface area contributed by atoms with Crippen molar-refractivity contribution in [3.63, 3.8) is 0 Å². The first-order valence-electron chi connectivity index (χ1n) is 11.4. The third kappa shape index (κ3) is 4.97. The van der Waals surface area contributed by atoms with Crippen molar-refractivity contribution in [2.75, 3.05) is 18.2 Å². The van der Waals surface area contributed by atoms with Crippen LogP contribution in [0.15, 0.2) is 58.9 Å². The molecule has 1 N–H and O–H groups in total. The van der Waals surface area contributed by atoms with E-state index in [-0.39, 0.29) is 5.78 Å². The number of aryl methyl sites for hydroxylation is 1. The lowest BCUT2D eigenvalue weighted by Gasteiger charge is -2.28. The number of fused-ring (bicyclic) bond motifs is 1. The average molecular weight is 479 g/mol. The molecule has 0 bridgehead atoms. The molecule has 1 aliphatic rings. The Hall–Kier alpha value is -3.26. The van der Waals surface area contributed by atoms with E-state index in [1.165, 1.54) is 5.56 Å². The van der Waals surface area contributed by atoms with Gasteiger partial charge in [0.25, 0.3) is 0 Å². The molecule has 0 aliphatic carbocycles. The van der Waals surface area contributed by atoms with Crippen LogP contribution >= 0.6 is 11.8 Å². The van der Waals surface area contributed by atoms with E-state index < -0.39 is 6.04 Å². The Morgan fingerprint density at radius 3 is 2.59 bits per heavy atom. The molecule has 0 radical (unpaired) electrons. The number of benzene rings is 2. The standard InChI is InChI=1S/C26H30N4O3S/c1-6-13-34-26-28-25-27-17(3)23(18(4)31)24(30(25)29-26)20-11-12-21(22(14-20)32-5)33-15-19-9-7-16(2)8-10-19/h7-12,14,24H,6,13,15H2,1-5H3,(H,27,28,29). The summed E-state index contributed by atoms with van der Waals surface area (Å²) in [6.45, 7) is 8.10. The Labute approximate surface area is 204 Å². The number of rotatable bonds is 9. The number of ketones is 1. The minimum absolute atomic E-state index is 0.0161. The Morgan fingerprint density at radius 1 is 1.15 bits per heavy atom. The van der Waals surface area contributed by atoms with Gasteiger partial charge >= 0.3 is 0 Å². The molecule has 4 rings (SSSR count). The van der Waals surface area contributed by atoms with Crippen LogP contribution < -0.4 is 14.8 Å². The fourth-order valence-electron chi connectivity index (χ4n) is 3.97. The van der Waals surface area contributed by atoms with Gasteiger partial charge in [0, 0.05) is 17.0 Å². The van der Waals surface area contributed by atoms with Crippen LogP contribution in [0.2, 0.25) is 0 Å². The van der Waals surface area contributed by atoms with Gasteiger partial charge in [-0.25, -0.2) is 4.68 Å². The van der Waals surface area contributed by atoms with Crippen molar-refractivity contribution in [3.8, 4) is 11.5 Å². The molecule has 3 aromatic rings. The largest absolute Gasteiger partial charge is 0.493 e. The quantitative estimate of drug-likeness (QED) is 0.404. The van der Waals surface area contributed by atoms with E-state index in [0.717, 1.165) is 29.0 Å². The molecule has 7 nitrogen and oxygen atoms in total. The van der Waals surface area contributed by atoms with E-state index >= 15 is 0 Å². The zero-order valence-electron chi connectivity index (χ0n) is 20.2. The number of nitrogens with one attached hydrogen (secondary N) is 1. The molecule has 0 saturated heterocycles. The number of methoxy groups -OCH3 is 1. The smallest absolute Gasteiger partial charge is 0.227 e. The number of Topliss-reactive ketones (excluding diaryl/α,β-unsaturated/α-hetero) is 1.